The summed E-state index contributed by atoms with van der Waals surface area (Å²) in [5.41, 5.74) is -1.08. The predicted octanol–water partition coefficient (Wildman–Crippen LogP) is 2.01. The first-order valence-corrected chi connectivity index (χ1v) is 6.51. The van der Waals surface area contributed by atoms with Gasteiger partial charge in [0.05, 0.1) is 18.4 Å². The monoisotopic (exact) mass is 284 g/mol. The quantitative estimate of drug-likeness (QED) is 0.622. The molecule has 20 heavy (non-hydrogen) atoms. The van der Waals surface area contributed by atoms with E-state index in [0.29, 0.717) is 25.8 Å². The summed E-state index contributed by atoms with van der Waals surface area (Å²) < 4.78 is 32.7. The number of ether oxygens (including phenoxy) is 1. The van der Waals surface area contributed by atoms with Crippen molar-refractivity contribution in [3.05, 3.63) is 35.6 Å². The first-order chi connectivity index (χ1) is 9.58. The fourth-order valence-corrected chi connectivity index (χ4v) is 2.89. The first-order valence-electron chi connectivity index (χ1n) is 6.51. The number of halogens is 2. The molecule has 0 aliphatic carbocycles. The Morgan fingerprint density at radius 3 is 2.95 bits per heavy atom. The van der Waals surface area contributed by atoms with E-state index in [1.54, 1.807) is 11.9 Å². The van der Waals surface area contributed by atoms with Gasteiger partial charge >= 0.3 is 0 Å². The van der Waals surface area contributed by atoms with Crippen LogP contribution in [0.3, 0.4) is 0 Å². The molecule has 6 heteroatoms. The number of fused-ring (bicyclic) bond motifs is 1. The molecule has 110 valence electrons. The van der Waals surface area contributed by atoms with Gasteiger partial charge in [0, 0.05) is 24.6 Å². The number of hydrogen-bond acceptors (Lipinski definition) is 4. The minimum atomic E-state index is -1.06. The maximum atomic E-state index is 14.0. The average Bonchev–Trinajstić information content (AvgIpc) is 2.45. The molecule has 2 fully saturated rings. The Morgan fingerprint density at radius 2 is 2.35 bits per heavy atom. The molecule has 2 atom stereocenters. The van der Waals surface area contributed by atoms with Gasteiger partial charge in [0.2, 0.25) is 0 Å². The number of aldehydes is 1. The third-order valence-electron chi connectivity index (χ3n) is 4.02. The Labute approximate surface area is 116 Å². The number of hydrogen-bond donors (Lipinski definition) is 1. The molecule has 0 bridgehead atoms. The Bertz CT molecular complexity index is 488. The second-order valence-electron chi connectivity index (χ2n) is 5.11. The molecule has 2 saturated heterocycles. The van der Waals surface area contributed by atoms with E-state index in [0.717, 1.165) is 0 Å². The molecule has 0 spiro atoms. The molecule has 0 aromatic rings. The van der Waals surface area contributed by atoms with E-state index in [1.807, 2.05) is 0 Å². The Kier molecular flexibility index (Phi) is 4.35. The molecular weight excluding hydrogens is 266 g/mol. The summed E-state index contributed by atoms with van der Waals surface area (Å²) in [5, 5.41) is 1.57. The fourth-order valence-electron chi connectivity index (χ4n) is 2.89. The Hall–Kier alpha value is -1.53. The predicted molar refractivity (Wildman–Crippen MR) is 70.5 cm³/mol. The van der Waals surface area contributed by atoms with Crippen molar-refractivity contribution in [3.8, 4) is 0 Å². The number of piperidine rings is 1. The minimum absolute atomic E-state index is 0.0209. The van der Waals surface area contributed by atoms with Crippen molar-refractivity contribution in [1.29, 1.82) is 0 Å². The second-order valence-corrected chi connectivity index (χ2v) is 5.11. The van der Waals surface area contributed by atoms with Crippen LogP contribution in [0.1, 0.15) is 13.3 Å². The zero-order chi connectivity index (χ0) is 14.8. The molecule has 0 amide bonds. The Balaban J connectivity index is 2.47. The van der Waals surface area contributed by atoms with E-state index in [9.17, 15) is 13.6 Å². The molecule has 0 aromatic heterocycles. The van der Waals surface area contributed by atoms with Crippen LogP contribution in [-0.4, -0.2) is 31.0 Å². The molecule has 4 nitrogen and oxygen atoms in total. The molecule has 1 unspecified atom stereocenters. The lowest BCUT2D eigenvalue weighted by atomic mass is 9.65. The molecular formula is C14H18F2N2O2. The molecule has 2 aliphatic heterocycles. The van der Waals surface area contributed by atoms with Gasteiger partial charge in [-0.2, -0.15) is 0 Å². The normalized spacial score (nSPS) is 35.8. The highest BCUT2D eigenvalue weighted by atomic mass is 19.1. The maximum Gasteiger partial charge on any atom is 0.165 e. The molecule has 0 aromatic carbocycles. The van der Waals surface area contributed by atoms with E-state index in [4.69, 9.17) is 10.6 Å². The Morgan fingerprint density at radius 1 is 1.60 bits per heavy atom. The SMILES string of the molecule is C\C=C/C(F)=C1/OC[C@H]2CN(N)CCC2(C=O)/C1=C/F. The highest BCUT2D eigenvalue weighted by molar-refractivity contribution is 5.69. The molecule has 2 heterocycles. The van der Waals surface area contributed by atoms with E-state index < -0.39 is 11.2 Å². The first kappa shape index (κ1) is 14.9. The lowest BCUT2D eigenvalue weighted by molar-refractivity contribution is -0.124. The second kappa shape index (κ2) is 5.85. The number of nitrogens with two attached hydrogens (primary N) is 1. The van der Waals surface area contributed by atoms with E-state index in [2.05, 4.69) is 0 Å². The molecule has 2 aliphatic rings. The number of hydrazine groups is 1. The zero-order valence-corrected chi connectivity index (χ0v) is 11.3. The van der Waals surface area contributed by atoms with Crippen molar-refractivity contribution in [3.63, 3.8) is 0 Å². The standard InChI is InChI=1S/C14H18F2N2O2/c1-2-3-12(16)13-11(6-15)14(9-19)4-5-18(17)7-10(14)8-20-13/h2-3,6,9-10H,4-5,7-8,17H2,1H3/b3-2-,11-6+,13-12-/t10-,14?/m1/s1. The van der Waals surface area contributed by atoms with Crippen LogP contribution in [0.5, 0.6) is 0 Å². The summed E-state index contributed by atoms with van der Waals surface area (Å²) in [6, 6.07) is 0. The van der Waals surface area contributed by atoms with Gasteiger partial charge in [-0.1, -0.05) is 6.08 Å². The lowest BCUT2D eigenvalue weighted by Gasteiger charge is -2.47. The summed E-state index contributed by atoms with van der Waals surface area (Å²) in [4.78, 5) is 11.6. The number of rotatable bonds is 2. The van der Waals surface area contributed by atoms with Gasteiger partial charge in [0.15, 0.2) is 11.6 Å². The van der Waals surface area contributed by atoms with Gasteiger partial charge in [-0.05, 0) is 19.4 Å². The average molecular weight is 284 g/mol. The highest BCUT2D eigenvalue weighted by Crippen LogP contribution is 2.48. The number of nitrogens with zero attached hydrogens (tertiary/aromatic N) is 1. The summed E-state index contributed by atoms with van der Waals surface area (Å²) in [6.45, 7) is 2.65. The summed E-state index contributed by atoms with van der Waals surface area (Å²) >= 11 is 0. The summed E-state index contributed by atoms with van der Waals surface area (Å²) in [7, 11) is 0. The number of allylic oxidation sites excluding steroid dienone is 4. The van der Waals surface area contributed by atoms with E-state index in [1.165, 1.54) is 12.2 Å². The van der Waals surface area contributed by atoms with Crippen LogP contribution in [0, 0.1) is 11.3 Å². The third kappa shape index (κ3) is 2.29. The van der Waals surface area contributed by atoms with Crippen molar-refractivity contribution in [1.82, 2.24) is 5.01 Å². The third-order valence-corrected chi connectivity index (χ3v) is 4.02. The van der Waals surface area contributed by atoms with Gasteiger partial charge in [0.25, 0.3) is 0 Å². The minimum Gasteiger partial charge on any atom is -0.490 e. The van der Waals surface area contributed by atoms with Crippen molar-refractivity contribution in [2.24, 2.45) is 17.2 Å². The molecule has 2 N–H and O–H groups in total. The van der Waals surface area contributed by atoms with Crippen LogP contribution in [0.4, 0.5) is 8.78 Å². The zero-order valence-electron chi connectivity index (χ0n) is 11.3. The van der Waals surface area contributed by atoms with E-state index in [-0.39, 0.29) is 30.2 Å². The molecule has 0 radical (unpaired) electrons. The van der Waals surface area contributed by atoms with Crippen molar-refractivity contribution in [2.75, 3.05) is 19.7 Å². The van der Waals surface area contributed by atoms with Gasteiger partial charge in [0.1, 0.15) is 6.29 Å². The van der Waals surface area contributed by atoms with Gasteiger partial charge in [-0.15, -0.1) is 0 Å². The summed E-state index contributed by atoms with van der Waals surface area (Å²) in [6.07, 6.45) is 4.02. The van der Waals surface area contributed by atoms with Crippen LogP contribution >= 0.6 is 0 Å². The fraction of sp³-hybridized carbons (Fsp3) is 0.500. The van der Waals surface area contributed by atoms with Gasteiger partial charge in [-0.3, -0.25) is 5.84 Å². The van der Waals surface area contributed by atoms with E-state index >= 15 is 0 Å². The van der Waals surface area contributed by atoms with Gasteiger partial charge in [-0.25, -0.2) is 13.8 Å². The lowest BCUT2D eigenvalue weighted by Crippen LogP contribution is -2.55. The van der Waals surface area contributed by atoms with Crippen molar-refractivity contribution >= 4 is 6.29 Å². The smallest absolute Gasteiger partial charge is 0.165 e. The number of carbonyl (C=O) groups is 1. The van der Waals surface area contributed by atoms with Crippen LogP contribution in [-0.2, 0) is 9.53 Å². The van der Waals surface area contributed by atoms with Crippen LogP contribution in [0.2, 0.25) is 0 Å². The molecule has 2 rings (SSSR count). The largest absolute Gasteiger partial charge is 0.490 e. The van der Waals surface area contributed by atoms with Crippen LogP contribution in [0.15, 0.2) is 35.6 Å². The summed E-state index contributed by atoms with van der Waals surface area (Å²) in [5.74, 6) is 4.60. The van der Waals surface area contributed by atoms with Gasteiger partial charge < -0.3 is 9.53 Å². The topological polar surface area (TPSA) is 55.6 Å². The maximum absolute atomic E-state index is 14.0. The van der Waals surface area contributed by atoms with Crippen molar-refractivity contribution < 1.29 is 18.3 Å². The highest BCUT2D eigenvalue weighted by Gasteiger charge is 2.51. The van der Waals surface area contributed by atoms with Crippen molar-refractivity contribution in [2.45, 2.75) is 13.3 Å². The van der Waals surface area contributed by atoms with Crippen LogP contribution in [0.25, 0.3) is 0 Å². The van der Waals surface area contributed by atoms with Crippen LogP contribution < -0.4 is 5.84 Å². The molecule has 0 saturated carbocycles. The number of carbonyl (C=O) groups excluding carboxylic acids is 1.